The van der Waals surface area contributed by atoms with E-state index in [-0.39, 0.29) is 17.4 Å². The van der Waals surface area contributed by atoms with E-state index in [1.54, 1.807) is 41.3 Å². The van der Waals surface area contributed by atoms with Crippen molar-refractivity contribution in [1.29, 1.82) is 0 Å². The van der Waals surface area contributed by atoms with Gasteiger partial charge in [0.05, 0.1) is 5.56 Å². The predicted octanol–water partition coefficient (Wildman–Crippen LogP) is 2.44. The van der Waals surface area contributed by atoms with Gasteiger partial charge < -0.3 is 15.3 Å². The molecule has 25 heavy (non-hydrogen) atoms. The second-order valence-corrected chi connectivity index (χ2v) is 5.88. The summed E-state index contributed by atoms with van der Waals surface area (Å²) in [6, 6.07) is 13.3. The van der Waals surface area contributed by atoms with Gasteiger partial charge in [-0.25, -0.2) is 4.79 Å². The number of anilines is 1. The van der Waals surface area contributed by atoms with Crippen LogP contribution in [-0.2, 0) is 11.3 Å². The molecule has 1 saturated heterocycles. The molecule has 0 spiro atoms. The molecule has 3 rings (SSSR count). The highest BCUT2D eigenvalue weighted by atomic mass is 16.4. The van der Waals surface area contributed by atoms with E-state index in [4.69, 9.17) is 5.11 Å². The molecule has 6 nitrogen and oxygen atoms in total. The maximum atomic E-state index is 12.2. The number of carboxylic acids is 1. The summed E-state index contributed by atoms with van der Waals surface area (Å²) in [4.78, 5) is 36.5. The largest absolute Gasteiger partial charge is 0.478 e. The van der Waals surface area contributed by atoms with Gasteiger partial charge in [0.1, 0.15) is 0 Å². The predicted molar refractivity (Wildman–Crippen MR) is 92.6 cm³/mol. The Hall–Kier alpha value is -3.15. The van der Waals surface area contributed by atoms with Gasteiger partial charge in [-0.2, -0.15) is 0 Å². The highest BCUT2D eigenvalue weighted by Crippen LogP contribution is 2.21. The minimum atomic E-state index is -0.979. The first-order valence-corrected chi connectivity index (χ1v) is 8.05. The third kappa shape index (κ3) is 3.85. The van der Waals surface area contributed by atoms with E-state index < -0.39 is 5.97 Å². The van der Waals surface area contributed by atoms with E-state index in [1.807, 2.05) is 0 Å². The smallest absolute Gasteiger partial charge is 0.335 e. The van der Waals surface area contributed by atoms with Crippen LogP contribution in [0, 0.1) is 0 Å². The molecular formula is C19H18N2O4. The molecule has 0 saturated carbocycles. The number of carbonyl (C=O) groups excluding carboxylic acids is 2. The number of hydrogen-bond donors (Lipinski definition) is 2. The number of nitrogens with zero attached hydrogens (tertiary/aromatic N) is 1. The lowest BCUT2D eigenvalue weighted by molar-refractivity contribution is -0.117. The number of amides is 2. The summed E-state index contributed by atoms with van der Waals surface area (Å²) in [6.07, 6.45) is 1.44. The van der Waals surface area contributed by atoms with E-state index in [0.717, 1.165) is 24.2 Å². The summed E-state index contributed by atoms with van der Waals surface area (Å²) in [5, 5.41) is 11.7. The minimum Gasteiger partial charge on any atom is -0.478 e. The summed E-state index contributed by atoms with van der Waals surface area (Å²) in [5.41, 5.74) is 2.35. The highest BCUT2D eigenvalue weighted by molar-refractivity contribution is 5.97. The lowest BCUT2D eigenvalue weighted by Gasteiger charge is -2.15. The number of hydrogen-bond acceptors (Lipinski definition) is 3. The zero-order chi connectivity index (χ0) is 17.8. The fraction of sp³-hybridized carbons (Fsp3) is 0.211. The Bertz CT molecular complexity index is 797. The molecule has 1 aliphatic rings. The lowest BCUT2D eigenvalue weighted by Crippen LogP contribution is -2.25. The molecule has 0 aromatic heterocycles. The Balaban J connectivity index is 1.59. The molecule has 0 radical (unpaired) electrons. The van der Waals surface area contributed by atoms with E-state index in [0.29, 0.717) is 18.5 Å². The summed E-state index contributed by atoms with van der Waals surface area (Å²) in [6.45, 7) is 1.03. The molecule has 0 unspecified atom stereocenters. The van der Waals surface area contributed by atoms with Crippen molar-refractivity contribution in [2.75, 3.05) is 11.4 Å². The fourth-order valence-corrected chi connectivity index (χ4v) is 2.76. The van der Waals surface area contributed by atoms with Crippen LogP contribution in [0.1, 0.15) is 39.1 Å². The Morgan fingerprint density at radius 3 is 2.20 bits per heavy atom. The first kappa shape index (κ1) is 16.7. The lowest BCUT2D eigenvalue weighted by atomic mass is 10.1. The van der Waals surface area contributed by atoms with Crippen LogP contribution < -0.4 is 10.2 Å². The van der Waals surface area contributed by atoms with Gasteiger partial charge in [-0.3, -0.25) is 9.59 Å². The Morgan fingerprint density at radius 1 is 1.00 bits per heavy atom. The average Bonchev–Trinajstić information content (AvgIpc) is 3.06. The van der Waals surface area contributed by atoms with E-state index in [9.17, 15) is 14.4 Å². The summed E-state index contributed by atoms with van der Waals surface area (Å²) in [7, 11) is 0. The summed E-state index contributed by atoms with van der Waals surface area (Å²) >= 11 is 0. The molecule has 128 valence electrons. The molecule has 2 N–H and O–H groups in total. The topological polar surface area (TPSA) is 86.7 Å². The summed E-state index contributed by atoms with van der Waals surface area (Å²) < 4.78 is 0. The van der Waals surface area contributed by atoms with Gasteiger partial charge in [-0.1, -0.05) is 12.1 Å². The van der Waals surface area contributed by atoms with Crippen molar-refractivity contribution >= 4 is 23.5 Å². The maximum absolute atomic E-state index is 12.2. The first-order valence-electron chi connectivity index (χ1n) is 8.05. The quantitative estimate of drug-likeness (QED) is 0.877. The number of aromatic carboxylic acids is 1. The number of nitrogens with one attached hydrogen (secondary N) is 1. The molecule has 2 aromatic carbocycles. The SMILES string of the molecule is O=C(O)c1ccc(CNC(=O)c2ccc(N3CCCC3=O)cc2)cc1. The van der Waals surface area contributed by atoms with E-state index in [2.05, 4.69) is 5.32 Å². The van der Waals surface area contributed by atoms with Crippen molar-refractivity contribution < 1.29 is 19.5 Å². The molecule has 1 aliphatic heterocycles. The van der Waals surface area contributed by atoms with Crippen LogP contribution in [0.25, 0.3) is 0 Å². The third-order valence-corrected chi connectivity index (χ3v) is 4.17. The van der Waals surface area contributed by atoms with Gasteiger partial charge in [0.2, 0.25) is 5.91 Å². The van der Waals surface area contributed by atoms with Crippen LogP contribution in [0.15, 0.2) is 48.5 Å². The van der Waals surface area contributed by atoms with Gasteiger partial charge in [-0.05, 0) is 48.4 Å². The molecule has 0 atom stereocenters. The monoisotopic (exact) mass is 338 g/mol. The van der Waals surface area contributed by atoms with Crippen LogP contribution in [0.2, 0.25) is 0 Å². The summed E-state index contributed by atoms with van der Waals surface area (Å²) in [5.74, 6) is -1.09. The van der Waals surface area contributed by atoms with Crippen LogP contribution in [0.5, 0.6) is 0 Å². The van der Waals surface area contributed by atoms with Crippen molar-refractivity contribution in [2.24, 2.45) is 0 Å². The van der Waals surface area contributed by atoms with Crippen LogP contribution in [0.3, 0.4) is 0 Å². The van der Waals surface area contributed by atoms with Crippen LogP contribution >= 0.6 is 0 Å². The molecular weight excluding hydrogens is 320 g/mol. The zero-order valence-electron chi connectivity index (χ0n) is 13.6. The Kier molecular flexibility index (Phi) is 4.79. The molecule has 0 aliphatic carbocycles. The number of benzene rings is 2. The Labute approximate surface area is 145 Å². The molecule has 6 heteroatoms. The average molecular weight is 338 g/mol. The van der Waals surface area contributed by atoms with Gasteiger partial charge in [0.25, 0.3) is 5.91 Å². The third-order valence-electron chi connectivity index (χ3n) is 4.17. The first-order chi connectivity index (χ1) is 12.0. The van der Waals surface area contributed by atoms with Gasteiger partial charge >= 0.3 is 5.97 Å². The molecule has 1 fully saturated rings. The Morgan fingerprint density at radius 2 is 1.64 bits per heavy atom. The van der Waals surface area contributed by atoms with Crippen LogP contribution in [-0.4, -0.2) is 29.4 Å². The van der Waals surface area contributed by atoms with Crippen LogP contribution in [0.4, 0.5) is 5.69 Å². The maximum Gasteiger partial charge on any atom is 0.335 e. The van der Waals surface area contributed by atoms with Gasteiger partial charge in [-0.15, -0.1) is 0 Å². The zero-order valence-corrected chi connectivity index (χ0v) is 13.6. The molecule has 2 aromatic rings. The second-order valence-electron chi connectivity index (χ2n) is 5.88. The van der Waals surface area contributed by atoms with Gasteiger partial charge in [0.15, 0.2) is 0 Å². The molecule has 2 amide bonds. The van der Waals surface area contributed by atoms with E-state index in [1.165, 1.54) is 12.1 Å². The number of carbonyl (C=O) groups is 3. The normalized spacial score (nSPS) is 13.8. The van der Waals surface area contributed by atoms with Crippen molar-refractivity contribution in [3.63, 3.8) is 0 Å². The molecule has 0 bridgehead atoms. The highest BCUT2D eigenvalue weighted by Gasteiger charge is 2.21. The molecule has 1 heterocycles. The van der Waals surface area contributed by atoms with Crippen molar-refractivity contribution in [3.05, 3.63) is 65.2 Å². The fourth-order valence-electron chi connectivity index (χ4n) is 2.76. The standard InChI is InChI=1S/C19H18N2O4/c22-17-2-1-11-21(17)16-9-7-14(8-10-16)18(23)20-12-13-3-5-15(6-4-13)19(24)25/h3-10H,1-2,11-12H2,(H,20,23)(H,24,25). The number of carboxylic acid groups (broad SMARTS) is 1. The van der Waals surface area contributed by atoms with Crippen molar-refractivity contribution in [2.45, 2.75) is 19.4 Å². The van der Waals surface area contributed by atoms with E-state index >= 15 is 0 Å². The van der Waals surface area contributed by atoms with Crippen molar-refractivity contribution in [1.82, 2.24) is 5.32 Å². The minimum absolute atomic E-state index is 0.113. The second kappa shape index (κ2) is 7.17. The van der Waals surface area contributed by atoms with Gasteiger partial charge in [0, 0.05) is 30.8 Å². The number of rotatable bonds is 5. The van der Waals surface area contributed by atoms with Crippen molar-refractivity contribution in [3.8, 4) is 0 Å².